The smallest absolute Gasteiger partial charge is 0.416 e. The maximum Gasteiger partial charge on any atom is 0.416 e. The van der Waals surface area contributed by atoms with Crippen molar-refractivity contribution in [3.05, 3.63) is 47.4 Å². The average Bonchev–Trinajstić information content (AvgIpc) is 3.29. The standard InChI is InChI=1S/C24H24F5N3O5/c1-34-20-17(35-12-14-9-22(25,26)10-14)3-2-16(31-20)21(33)32-7-5-23(19(11-32)36-13-37-23)18-8-15(4-6-30-18)24(27,28)29/h2-4,6,8,14,19H,5,7,9-13H2,1H3/t19?,23-/m1/s1. The molecule has 0 bridgehead atoms. The lowest BCUT2D eigenvalue weighted by Gasteiger charge is -2.41. The number of ether oxygens (including phenoxy) is 4. The second-order valence-corrected chi connectivity index (χ2v) is 9.38. The van der Waals surface area contributed by atoms with Crippen molar-refractivity contribution in [1.82, 2.24) is 14.9 Å². The van der Waals surface area contributed by atoms with Gasteiger partial charge >= 0.3 is 6.18 Å². The predicted octanol–water partition coefficient (Wildman–Crippen LogP) is 4.04. The van der Waals surface area contributed by atoms with Gasteiger partial charge in [-0.05, 0) is 24.3 Å². The van der Waals surface area contributed by atoms with Crippen LogP contribution in [0.5, 0.6) is 11.6 Å². The van der Waals surface area contributed by atoms with E-state index in [4.69, 9.17) is 18.9 Å². The number of fused-ring (bicyclic) bond motifs is 1. The fourth-order valence-electron chi connectivity index (χ4n) is 4.94. The van der Waals surface area contributed by atoms with Crippen LogP contribution in [0.25, 0.3) is 0 Å². The Balaban J connectivity index is 1.28. The number of carbonyl (C=O) groups excluding carboxylic acids is 1. The number of amides is 1. The molecular formula is C24H24F5N3O5. The summed E-state index contributed by atoms with van der Waals surface area (Å²) in [5, 5.41) is 0. The fraction of sp³-hybridized carbons (Fsp3) is 0.542. The SMILES string of the molecule is COc1nc(C(=O)N2CC[C@]3(c4cc(C(F)(F)F)ccn4)OCOC3C2)ccc1OCC1CC(F)(F)C1. The molecule has 3 fully saturated rings. The molecule has 13 heteroatoms. The molecule has 2 saturated heterocycles. The van der Waals surface area contributed by atoms with E-state index in [1.165, 1.54) is 24.1 Å². The molecule has 8 nitrogen and oxygen atoms in total. The highest BCUT2D eigenvalue weighted by molar-refractivity contribution is 5.92. The Morgan fingerprint density at radius 1 is 1.24 bits per heavy atom. The second-order valence-electron chi connectivity index (χ2n) is 9.38. The van der Waals surface area contributed by atoms with Crippen LogP contribution in [0.3, 0.4) is 0 Å². The summed E-state index contributed by atoms with van der Waals surface area (Å²) in [6, 6.07) is 4.77. The summed E-state index contributed by atoms with van der Waals surface area (Å²) in [6.45, 7) is 0.150. The Kier molecular flexibility index (Phi) is 6.47. The number of likely N-dealkylation sites (tertiary alicyclic amines) is 1. The van der Waals surface area contributed by atoms with E-state index in [1.807, 2.05) is 0 Å². The highest BCUT2D eigenvalue weighted by Gasteiger charge is 2.53. The molecule has 1 saturated carbocycles. The second kappa shape index (κ2) is 9.35. The number of aromatic nitrogens is 2. The minimum Gasteiger partial charge on any atom is -0.488 e. The largest absolute Gasteiger partial charge is 0.488 e. The van der Waals surface area contributed by atoms with Crippen molar-refractivity contribution in [1.29, 1.82) is 0 Å². The van der Waals surface area contributed by atoms with Gasteiger partial charge in [0, 0.05) is 37.9 Å². The molecule has 2 aliphatic heterocycles. The number of hydrogen-bond donors (Lipinski definition) is 0. The molecule has 37 heavy (non-hydrogen) atoms. The molecule has 0 N–H and O–H groups in total. The van der Waals surface area contributed by atoms with Gasteiger partial charge < -0.3 is 23.8 Å². The van der Waals surface area contributed by atoms with Gasteiger partial charge in [-0.1, -0.05) is 0 Å². The summed E-state index contributed by atoms with van der Waals surface area (Å²) in [5.74, 6) is -3.09. The number of methoxy groups -OCH3 is 1. The van der Waals surface area contributed by atoms with Crippen LogP contribution < -0.4 is 9.47 Å². The number of carbonyl (C=O) groups is 1. The molecule has 1 amide bonds. The van der Waals surface area contributed by atoms with Gasteiger partial charge in [0.05, 0.1) is 31.5 Å². The predicted molar refractivity (Wildman–Crippen MR) is 116 cm³/mol. The van der Waals surface area contributed by atoms with Gasteiger partial charge in [-0.15, -0.1) is 0 Å². The number of piperidine rings is 1. The first-order valence-electron chi connectivity index (χ1n) is 11.6. The lowest BCUT2D eigenvalue weighted by molar-refractivity contribution is -0.138. The van der Waals surface area contributed by atoms with E-state index in [-0.39, 0.29) is 74.7 Å². The molecule has 0 radical (unpaired) electrons. The summed E-state index contributed by atoms with van der Waals surface area (Å²) >= 11 is 0. The Hall–Kier alpha value is -3.06. The van der Waals surface area contributed by atoms with E-state index >= 15 is 0 Å². The van der Waals surface area contributed by atoms with Crippen LogP contribution in [0.1, 0.15) is 41.0 Å². The summed E-state index contributed by atoms with van der Waals surface area (Å²) in [6.07, 6.45) is -4.49. The average molecular weight is 529 g/mol. The quantitative estimate of drug-likeness (QED) is 0.523. The maximum absolute atomic E-state index is 13.3. The molecule has 0 aromatic carbocycles. The number of alkyl halides is 5. The van der Waals surface area contributed by atoms with Gasteiger partial charge in [-0.2, -0.15) is 13.2 Å². The van der Waals surface area contributed by atoms with Crippen molar-refractivity contribution in [3.8, 4) is 11.6 Å². The molecule has 3 aliphatic rings. The van der Waals surface area contributed by atoms with Crippen LogP contribution in [0.2, 0.25) is 0 Å². The lowest BCUT2D eigenvalue weighted by atomic mass is 9.82. The number of pyridine rings is 2. The van der Waals surface area contributed by atoms with E-state index in [2.05, 4.69) is 9.97 Å². The molecule has 1 unspecified atom stereocenters. The van der Waals surface area contributed by atoms with Gasteiger partial charge in [0.25, 0.3) is 11.8 Å². The highest BCUT2D eigenvalue weighted by atomic mass is 19.4. The topological polar surface area (TPSA) is 83.0 Å². The van der Waals surface area contributed by atoms with Gasteiger partial charge in [0.15, 0.2) is 5.75 Å². The molecule has 0 spiro atoms. The minimum atomic E-state index is -4.54. The van der Waals surface area contributed by atoms with Crippen molar-refractivity contribution in [2.75, 3.05) is 33.6 Å². The summed E-state index contributed by atoms with van der Waals surface area (Å²) in [7, 11) is 1.35. The third-order valence-electron chi connectivity index (χ3n) is 6.94. The third kappa shape index (κ3) is 4.93. The van der Waals surface area contributed by atoms with E-state index in [9.17, 15) is 26.7 Å². The zero-order chi connectivity index (χ0) is 26.4. The Morgan fingerprint density at radius 2 is 2.03 bits per heavy atom. The molecule has 5 rings (SSSR count). The van der Waals surface area contributed by atoms with Crippen molar-refractivity contribution in [2.24, 2.45) is 5.92 Å². The Bertz CT molecular complexity index is 1170. The molecule has 2 aromatic rings. The van der Waals surface area contributed by atoms with Crippen LogP contribution in [-0.2, 0) is 21.3 Å². The van der Waals surface area contributed by atoms with Gasteiger partial charge in [-0.25, -0.2) is 13.8 Å². The molecule has 200 valence electrons. The maximum atomic E-state index is 13.3. The third-order valence-corrected chi connectivity index (χ3v) is 6.94. The Labute approximate surface area is 208 Å². The van der Waals surface area contributed by atoms with Crippen LogP contribution in [0.4, 0.5) is 22.0 Å². The van der Waals surface area contributed by atoms with Crippen LogP contribution in [-0.4, -0.2) is 66.4 Å². The van der Waals surface area contributed by atoms with Crippen molar-refractivity contribution < 1.29 is 45.7 Å². The zero-order valence-corrected chi connectivity index (χ0v) is 19.8. The zero-order valence-electron chi connectivity index (χ0n) is 19.8. The van der Waals surface area contributed by atoms with E-state index in [0.29, 0.717) is 0 Å². The minimum absolute atomic E-state index is 0.0388. The summed E-state index contributed by atoms with van der Waals surface area (Å²) in [4.78, 5) is 23.0. The Morgan fingerprint density at radius 3 is 2.73 bits per heavy atom. The van der Waals surface area contributed by atoms with E-state index < -0.39 is 35.3 Å². The van der Waals surface area contributed by atoms with Crippen LogP contribution in [0.15, 0.2) is 30.5 Å². The lowest BCUT2D eigenvalue weighted by Crippen LogP contribution is -2.54. The van der Waals surface area contributed by atoms with E-state index in [0.717, 1.165) is 18.3 Å². The first-order valence-corrected chi connectivity index (χ1v) is 11.6. The molecule has 1 aliphatic carbocycles. The van der Waals surface area contributed by atoms with Gasteiger partial charge in [0.2, 0.25) is 5.92 Å². The normalized spacial score (nSPS) is 25.4. The number of rotatable bonds is 6. The summed E-state index contributed by atoms with van der Waals surface area (Å²) < 4.78 is 88.1. The number of nitrogens with zero attached hydrogens (tertiary/aromatic N) is 3. The van der Waals surface area contributed by atoms with Crippen LogP contribution >= 0.6 is 0 Å². The van der Waals surface area contributed by atoms with Crippen molar-refractivity contribution >= 4 is 5.91 Å². The van der Waals surface area contributed by atoms with Gasteiger partial charge in [-0.3, -0.25) is 9.78 Å². The van der Waals surface area contributed by atoms with E-state index in [1.54, 1.807) is 0 Å². The summed E-state index contributed by atoms with van der Waals surface area (Å²) in [5.41, 5.74) is -1.89. The number of halogens is 5. The van der Waals surface area contributed by atoms with Gasteiger partial charge in [0.1, 0.15) is 24.2 Å². The molecule has 4 heterocycles. The fourth-order valence-corrected chi connectivity index (χ4v) is 4.94. The molecular weight excluding hydrogens is 505 g/mol. The first kappa shape index (κ1) is 25.6. The van der Waals surface area contributed by atoms with Crippen molar-refractivity contribution in [2.45, 2.75) is 43.1 Å². The van der Waals surface area contributed by atoms with Crippen molar-refractivity contribution in [3.63, 3.8) is 0 Å². The highest BCUT2D eigenvalue weighted by Crippen LogP contribution is 2.44. The molecule has 2 atom stereocenters. The first-order chi connectivity index (χ1) is 17.5. The molecule has 2 aromatic heterocycles. The monoisotopic (exact) mass is 529 g/mol. The number of hydrogen-bond acceptors (Lipinski definition) is 7. The van der Waals surface area contributed by atoms with Crippen LogP contribution in [0, 0.1) is 5.92 Å².